The van der Waals surface area contributed by atoms with E-state index < -0.39 is 32.1 Å². The Morgan fingerprint density at radius 3 is 1.96 bits per heavy atom. The molecule has 0 heterocycles. The molecular formula is C35H46ClN5O8S2. The molecule has 278 valence electrons. The van der Waals surface area contributed by atoms with Crippen LogP contribution in [0.25, 0.3) is 0 Å². The van der Waals surface area contributed by atoms with Crippen LogP contribution in [-0.2, 0) is 26.5 Å². The van der Waals surface area contributed by atoms with Crippen molar-refractivity contribution in [2.24, 2.45) is 0 Å². The van der Waals surface area contributed by atoms with E-state index in [0.29, 0.717) is 35.8 Å². The smallest absolute Gasteiger partial charge is 0.328 e. The molecule has 0 spiro atoms. The molecule has 0 bridgehead atoms. The quantitative estimate of drug-likeness (QED) is 0.143. The average Bonchev–Trinajstić information content (AvgIpc) is 3.09. The number of amides is 5. The summed E-state index contributed by atoms with van der Waals surface area (Å²) in [5.41, 5.74) is 2.13. The third kappa shape index (κ3) is 13.7. The van der Waals surface area contributed by atoms with Gasteiger partial charge in [-0.25, -0.2) is 35.9 Å². The lowest BCUT2D eigenvalue weighted by atomic mass is 9.96. The predicted octanol–water partition coefficient (Wildman–Crippen LogP) is 5.42. The molecule has 1 saturated carbocycles. The number of hydrogen-bond donors (Lipinski definition) is 5. The number of rotatable bonds is 13. The fourth-order valence-corrected chi connectivity index (χ4v) is 7.08. The highest BCUT2D eigenvalue weighted by Gasteiger charge is 2.21. The number of ether oxygens (including phenoxy) is 1. The summed E-state index contributed by atoms with van der Waals surface area (Å²) in [6.45, 7) is 4.65. The molecule has 4 rings (SSSR count). The summed E-state index contributed by atoms with van der Waals surface area (Å²) >= 11 is 5.96. The van der Waals surface area contributed by atoms with Crippen LogP contribution >= 0.6 is 11.6 Å². The Hall–Kier alpha value is -4.34. The number of methoxy groups -OCH3 is 1. The molecule has 13 nitrogen and oxygen atoms in total. The second-order valence-corrected chi connectivity index (χ2v) is 15.7. The summed E-state index contributed by atoms with van der Waals surface area (Å²) in [7, 11) is -6.27. The van der Waals surface area contributed by atoms with Crippen LogP contribution in [0.15, 0.2) is 76.5 Å². The van der Waals surface area contributed by atoms with Crippen LogP contribution < -0.4 is 30.1 Å². The number of urea groups is 2. The van der Waals surface area contributed by atoms with E-state index in [9.17, 15) is 31.2 Å². The third-order valence-electron chi connectivity index (χ3n) is 7.88. The van der Waals surface area contributed by atoms with Crippen molar-refractivity contribution in [3.8, 4) is 5.75 Å². The number of sulfonamides is 2. The van der Waals surface area contributed by atoms with Gasteiger partial charge in [-0.15, -0.1) is 0 Å². The Balaban J connectivity index is 0.000000330. The van der Waals surface area contributed by atoms with Crippen LogP contribution in [-0.4, -0.2) is 61.0 Å². The van der Waals surface area contributed by atoms with E-state index in [1.165, 1.54) is 37.4 Å². The van der Waals surface area contributed by atoms with Gasteiger partial charge in [0.05, 0.1) is 22.5 Å². The molecule has 3 aromatic rings. The van der Waals surface area contributed by atoms with E-state index in [1.54, 1.807) is 36.4 Å². The Kier molecular flexibility index (Phi) is 16.0. The molecule has 1 aliphatic carbocycles. The van der Waals surface area contributed by atoms with Gasteiger partial charge in [0.15, 0.2) is 0 Å². The molecule has 0 saturated heterocycles. The van der Waals surface area contributed by atoms with Crippen molar-refractivity contribution in [3.05, 3.63) is 88.4 Å². The van der Waals surface area contributed by atoms with Crippen LogP contribution in [0.4, 0.5) is 9.59 Å². The first kappa shape index (κ1) is 41.1. The second kappa shape index (κ2) is 19.9. The van der Waals surface area contributed by atoms with Gasteiger partial charge < -0.3 is 20.7 Å². The van der Waals surface area contributed by atoms with E-state index >= 15 is 0 Å². The maximum atomic E-state index is 12.5. The van der Waals surface area contributed by atoms with Crippen molar-refractivity contribution in [2.75, 3.05) is 20.2 Å². The second-order valence-electron chi connectivity index (χ2n) is 11.9. The summed E-state index contributed by atoms with van der Waals surface area (Å²) in [6.07, 6.45) is 7.18. The van der Waals surface area contributed by atoms with E-state index in [2.05, 4.69) is 20.7 Å². The van der Waals surface area contributed by atoms with Gasteiger partial charge in [0.25, 0.3) is 26.0 Å². The van der Waals surface area contributed by atoms with Crippen molar-refractivity contribution >= 4 is 49.6 Å². The minimum atomic E-state index is -3.97. The first-order chi connectivity index (χ1) is 24.2. The molecule has 0 atom stereocenters. The summed E-state index contributed by atoms with van der Waals surface area (Å²) < 4.78 is 57.9. The van der Waals surface area contributed by atoms with E-state index in [4.69, 9.17) is 16.3 Å². The Morgan fingerprint density at radius 1 is 0.784 bits per heavy atom. The largest absolute Gasteiger partial charge is 0.496 e. The highest BCUT2D eigenvalue weighted by molar-refractivity contribution is 7.90. The Labute approximate surface area is 305 Å². The molecule has 3 aromatic carbocycles. The summed E-state index contributed by atoms with van der Waals surface area (Å²) in [4.78, 5) is 36.0. The van der Waals surface area contributed by atoms with E-state index in [0.717, 1.165) is 56.1 Å². The molecule has 1 aliphatic rings. The fraction of sp³-hybridized carbons (Fsp3) is 0.400. The minimum absolute atomic E-state index is 0.00209. The van der Waals surface area contributed by atoms with E-state index in [-0.39, 0.29) is 21.7 Å². The maximum absolute atomic E-state index is 12.5. The zero-order chi connectivity index (χ0) is 37.4. The number of carbonyl (C=O) groups is 3. The number of halogens is 1. The zero-order valence-corrected chi connectivity index (χ0v) is 31.3. The lowest BCUT2D eigenvalue weighted by Gasteiger charge is -2.22. The van der Waals surface area contributed by atoms with Crippen LogP contribution in [0, 0.1) is 6.92 Å². The van der Waals surface area contributed by atoms with Gasteiger partial charge in [0, 0.05) is 24.2 Å². The number of carbonyl (C=O) groups excluding carboxylic acids is 3. The van der Waals surface area contributed by atoms with Crippen LogP contribution in [0.1, 0.15) is 73.4 Å². The molecule has 0 radical (unpaired) electrons. The van der Waals surface area contributed by atoms with Crippen molar-refractivity contribution in [1.29, 1.82) is 0 Å². The lowest BCUT2D eigenvalue weighted by Crippen LogP contribution is -2.45. The Morgan fingerprint density at radius 2 is 1.37 bits per heavy atom. The fourth-order valence-electron chi connectivity index (χ4n) is 5.06. The van der Waals surface area contributed by atoms with E-state index in [1.807, 2.05) is 18.6 Å². The monoisotopic (exact) mass is 763 g/mol. The average molecular weight is 764 g/mol. The third-order valence-corrected chi connectivity index (χ3v) is 10.8. The maximum Gasteiger partial charge on any atom is 0.328 e. The number of hydrogen-bond acceptors (Lipinski definition) is 8. The van der Waals surface area contributed by atoms with Gasteiger partial charge in [-0.3, -0.25) is 4.79 Å². The summed E-state index contributed by atoms with van der Waals surface area (Å²) in [5, 5.41) is 8.45. The normalized spacial score (nSPS) is 13.2. The molecule has 5 amide bonds. The van der Waals surface area contributed by atoms with Crippen LogP contribution in [0.2, 0.25) is 5.02 Å². The molecule has 5 N–H and O–H groups in total. The SMILES string of the molecule is CCCCNC(=O)NS(=O)(=O)c1ccc(C)cc1.COc1ccc(Cl)cc1C(=O)NCCc1ccc(S(=O)(=O)NC(=O)NC2CCCCC2)cc1. The Bertz CT molecular complexity index is 1830. The van der Waals surface area contributed by atoms with Crippen molar-refractivity contribution < 1.29 is 36.0 Å². The van der Waals surface area contributed by atoms with Gasteiger partial charge in [0.2, 0.25) is 0 Å². The van der Waals surface area contributed by atoms with Crippen LogP contribution in [0.5, 0.6) is 5.75 Å². The zero-order valence-electron chi connectivity index (χ0n) is 29.0. The highest BCUT2D eigenvalue weighted by Crippen LogP contribution is 2.22. The van der Waals surface area contributed by atoms with Crippen molar-refractivity contribution in [3.63, 3.8) is 0 Å². The summed E-state index contributed by atoms with van der Waals surface area (Å²) in [5.74, 6) is 0.105. The number of aryl methyl sites for hydroxylation is 1. The topological polar surface area (TPSA) is 189 Å². The molecule has 51 heavy (non-hydrogen) atoms. The van der Waals surface area contributed by atoms with Crippen molar-refractivity contribution in [1.82, 2.24) is 25.4 Å². The number of nitrogens with one attached hydrogen (secondary N) is 5. The van der Waals surface area contributed by atoms with Crippen LogP contribution in [0.3, 0.4) is 0 Å². The highest BCUT2D eigenvalue weighted by atomic mass is 35.5. The molecule has 1 fully saturated rings. The number of benzene rings is 3. The molecule has 0 unspecified atom stereocenters. The number of unbranched alkanes of at least 4 members (excludes halogenated alkanes) is 1. The minimum Gasteiger partial charge on any atom is -0.496 e. The lowest BCUT2D eigenvalue weighted by molar-refractivity contribution is 0.0951. The predicted molar refractivity (Wildman–Crippen MR) is 196 cm³/mol. The molecule has 16 heteroatoms. The van der Waals surface area contributed by atoms with Gasteiger partial charge >= 0.3 is 12.1 Å². The van der Waals surface area contributed by atoms with Gasteiger partial charge in [-0.1, -0.05) is 74.0 Å². The first-order valence-corrected chi connectivity index (χ1v) is 20.0. The molecule has 0 aromatic heterocycles. The standard InChI is InChI=1S/C23H28ClN3O5S.C12H18N2O3S/c1-32-21-12-9-17(24)15-20(21)22(28)25-14-13-16-7-10-19(11-8-16)33(30,31)27-23(29)26-18-5-3-2-4-6-18;1-3-4-9-13-12(15)14-18(16,17)11-7-5-10(2)6-8-11/h7-12,15,18H,2-6,13-14H2,1H3,(H,25,28)(H2,26,27,29);5-8H,3-4,9H2,1-2H3,(H2,13,14,15). The summed E-state index contributed by atoms with van der Waals surface area (Å²) in [6, 6.07) is 15.9. The van der Waals surface area contributed by atoms with Gasteiger partial charge in [0.1, 0.15) is 5.75 Å². The molecule has 0 aliphatic heterocycles. The van der Waals surface area contributed by atoms with Gasteiger partial charge in [-0.05, 0) is 80.6 Å². The van der Waals surface area contributed by atoms with Gasteiger partial charge in [-0.2, -0.15) is 0 Å². The van der Waals surface area contributed by atoms with Crippen molar-refractivity contribution in [2.45, 2.75) is 81.0 Å². The first-order valence-electron chi connectivity index (χ1n) is 16.7. The molecular weight excluding hydrogens is 718 g/mol.